The number of aryl methyl sites for hydroxylation is 1. The molecule has 1 aliphatic carbocycles. The first-order chi connectivity index (χ1) is 9.69. The molecule has 0 atom stereocenters. The number of nitrogens with two attached hydrogens (primary N) is 1. The standard InChI is InChI=1S/C16H23N3O/c1-12-2-7-16(13(10-12)11-17)19-8-9-20-15-5-3-14(18)4-6-15/h2,7,10,14-15,19H,3-6,8-9,18H2,1H3. The molecule has 3 N–H and O–H groups in total. The van der Waals surface area contributed by atoms with E-state index in [1.807, 2.05) is 25.1 Å². The molecule has 0 spiro atoms. The van der Waals surface area contributed by atoms with Crippen molar-refractivity contribution in [1.82, 2.24) is 0 Å². The van der Waals surface area contributed by atoms with Gasteiger partial charge in [-0.1, -0.05) is 6.07 Å². The molecule has 0 bridgehead atoms. The van der Waals surface area contributed by atoms with Crippen molar-refractivity contribution in [1.29, 1.82) is 5.26 Å². The Morgan fingerprint density at radius 2 is 2.10 bits per heavy atom. The van der Waals surface area contributed by atoms with Crippen LogP contribution < -0.4 is 11.1 Å². The van der Waals surface area contributed by atoms with Gasteiger partial charge in [0.15, 0.2) is 0 Å². The first kappa shape index (κ1) is 14.8. The molecular weight excluding hydrogens is 250 g/mol. The summed E-state index contributed by atoms with van der Waals surface area (Å²) in [4.78, 5) is 0. The molecule has 4 nitrogen and oxygen atoms in total. The van der Waals surface area contributed by atoms with Crippen LogP contribution in [0.4, 0.5) is 5.69 Å². The van der Waals surface area contributed by atoms with Gasteiger partial charge in [-0.25, -0.2) is 0 Å². The number of rotatable bonds is 5. The minimum absolute atomic E-state index is 0.352. The van der Waals surface area contributed by atoms with E-state index < -0.39 is 0 Å². The van der Waals surface area contributed by atoms with Crippen LogP contribution in [-0.4, -0.2) is 25.3 Å². The highest BCUT2D eigenvalue weighted by Crippen LogP contribution is 2.20. The molecule has 1 aromatic carbocycles. The van der Waals surface area contributed by atoms with E-state index >= 15 is 0 Å². The Labute approximate surface area is 120 Å². The molecule has 108 valence electrons. The fraction of sp³-hybridized carbons (Fsp3) is 0.562. The summed E-state index contributed by atoms with van der Waals surface area (Å²) in [5.74, 6) is 0. The van der Waals surface area contributed by atoms with Crippen LogP contribution >= 0.6 is 0 Å². The van der Waals surface area contributed by atoms with Gasteiger partial charge in [0, 0.05) is 12.6 Å². The van der Waals surface area contributed by atoms with Crippen LogP contribution in [-0.2, 0) is 4.74 Å². The lowest BCUT2D eigenvalue weighted by Crippen LogP contribution is -2.31. The van der Waals surface area contributed by atoms with Gasteiger partial charge in [-0.15, -0.1) is 0 Å². The molecule has 0 heterocycles. The summed E-state index contributed by atoms with van der Waals surface area (Å²) in [5, 5.41) is 12.4. The number of nitrogens with zero attached hydrogens (tertiary/aromatic N) is 1. The average Bonchev–Trinajstić information content (AvgIpc) is 2.46. The van der Waals surface area contributed by atoms with Crippen molar-refractivity contribution >= 4 is 5.69 Å². The molecule has 20 heavy (non-hydrogen) atoms. The Bertz CT molecular complexity index is 473. The van der Waals surface area contributed by atoms with Crippen LogP contribution in [0.15, 0.2) is 18.2 Å². The van der Waals surface area contributed by atoms with E-state index in [0.29, 0.717) is 24.3 Å². The van der Waals surface area contributed by atoms with E-state index in [1.165, 1.54) is 0 Å². The molecule has 0 radical (unpaired) electrons. The largest absolute Gasteiger partial charge is 0.382 e. The summed E-state index contributed by atoms with van der Waals surface area (Å²) in [6, 6.07) is 8.43. The molecule has 0 unspecified atom stereocenters. The molecule has 1 saturated carbocycles. The van der Waals surface area contributed by atoms with E-state index in [1.54, 1.807) is 0 Å². The van der Waals surface area contributed by atoms with Gasteiger partial charge in [0.1, 0.15) is 6.07 Å². The van der Waals surface area contributed by atoms with Crippen molar-refractivity contribution in [3.05, 3.63) is 29.3 Å². The molecule has 0 saturated heterocycles. The van der Waals surface area contributed by atoms with Crippen molar-refractivity contribution in [2.75, 3.05) is 18.5 Å². The smallest absolute Gasteiger partial charge is 0.101 e. The quantitative estimate of drug-likeness (QED) is 0.809. The lowest BCUT2D eigenvalue weighted by molar-refractivity contribution is 0.0313. The van der Waals surface area contributed by atoms with Gasteiger partial charge in [0.05, 0.1) is 24.0 Å². The third kappa shape index (κ3) is 4.22. The number of nitriles is 1. The number of hydrogen-bond donors (Lipinski definition) is 2. The number of anilines is 1. The Balaban J connectivity index is 1.72. The fourth-order valence-corrected chi connectivity index (χ4v) is 2.57. The third-order valence-electron chi connectivity index (χ3n) is 3.79. The Morgan fingerprint density at radius 3 is 2.80 bits per heavy atom. The number of nitrogens with one attached hydrogen (secondary N) is 1. The maximum Gasteiger partial charge on any atom is 0.101 e. The molecule has 1 aliphatic rings. The lowest BCUT2D eigenvalue weighted by Gasteiger charge is -2.26. The van der Waals surface area contributed by atoms with Crippen LogP contribution in [0.2, 0.25) is 0 Å². The van der Waals surface area contributed by atoms with E-state index in [0.717, 1.165) is 43.5 Å². The molecular formula is C16H23N3O. The van der Waals surface area contributed by atoms with Gasteiger partial charge in [0.25, 0.3) is 0 Å². The highest BCUT2D eigenvalue weighted by molar-refractivity contribution is 5.58. The fourth-order valence-electron chi connectivity index (χ4n) is 2.57. The predicted molar refractivity (Wildman–Crippen MR) is 80.6 cm³/mol. The van der Waals surface area contributed by atoms with Crippen molar-refractivity contribution in [3.63, 3.8) is 0 Å². The Kier molecular flexibility index (Phi) is 5.40. The Morgan fingerprint density at radius 1 is 1.35 bits per heavy atom. The molecule has 1 fully saturated rings. The maximum atomic E-state index is 9.10. The van der Waals surface area contributed by atoms with Gasteiger partial charge in [-0.3, -0.25) is 0 Å². The summed E-state index contributed by atoms with van der Waals surface area (Å²) in [6.07, 6.45) is 4.61. The highest BCUT2D eigenvalue weighted by Gasteiger charge is 2.18. The predicted octanol–water partition coefficient (Wildman–Crippen LogP) is 2.57. The second-order valence-corrected chi connectivity index (χ2v) is 5.50. The van der Waals surface area contributed by atoms with Crippen LogP contribution in [0.5, 0.6) is 0 Å². The van der Waals surface area contributed by atoms with Crippen molar-refractivity contribution in [2.45, 2.75) is 44.8 Å². The minimum Gasteiger partial charge on any atom is -0.382 e. The first-order valence-electron chi connectivity index (χ1n) is 7.31. The van der Waals surface area contributed by atoms with Crippen LogP contribution in [0.3, 0.4) is 0 Å². The van der Waals surface area contributed by atoms with Crippen molar-refractivity contribution < 1.29 is 4.74 Å². The molecule has 1 aromatic rings. The topological polar surface area (TPSA) is 71.1 Å². The molecule has 0 amide bonds. The lowest BCUT2D eigenvalue weighted by atomic mass is 9.94. The summed E-state index contributed by atoms with van der Waals surface area (Å²) in [5.41, 5.74) is 8.54. The van der Waals surface area contributed by atoms with Crippen LogP contribution in [0, 0.1) is 18.3 Å². The van der Waals surface area contributed by atoms with Crippen molar-refractivity contribution in [3.8, 4) is 6.07 Å². The third-order valence-corrected chi connectivity index (χ3v) is 3.79. The van der Waals surface area contributed by atoms with Gasteiger partial charge >= 0.3 is 0 Å². The minimum atomic E-state index is 0.352. The van der Waals surface area contributed by atoms with E-state index in [2.05, 4.69) is 11.4 Å². The van der Waals surface area contributed by atoms with Crippen LogP contribution in [0.25, 0.3) is 0 Å². The van der Waals surface area contributed by atoms with E-state index in [4.69, 9.17) is 15.7 Å². The summed E-state index contributed by atoms with van der Waals surface area (Å²) < 4.78 is 5.85. The van der Waals surface area contributed by atoms with E-state index in [9.17, 15) is 0 Å². The monoisotopic (exact) mass is 273 g/mol. The maximum absolute atomic E-state index is 9.10. The van der Waals surface area contributed by atoms with Gasteiger partial charge < -0.3 is 15.8 Å². The number of ether oxygens (including phenoxy) is 1. The zero-order chi connectivity index (χ0) is 14.4. The van der Waals surface area contributed by atoms with Crippen molar-refractivity contribution in [2.24, 2.45) is 5.73 Å². The first-order valence-corrected chi connectivity index (χ1v) is 7.31. The zero-order valence-corrected chi connectivity index (χ0v) is 12.1. The molecule has 0 aliphatic heterocycles. The van der Waals surface area contributed by atoms with Gasteiger partial charge in [-0.05, 0) is 50.3 Å². The number of benzene rings is 1. The zero-order valence-electron chi connectivity index (χ0n) is 12.1. The average molecular weight is 273 g/mol. The number of hydrogen-bond acceptors (Lipinski definition) is 4. The van der Waals surface area contributed by atoms with Gasteiger partial charge in [-0.2, -0.15) is 5.26 Å². The second-order valence-electron chi connectivity index (χ2n) is 5.50. The SMILES string of the molecule is Cc1ccc(NCCOC2CCC(N)CC2)c(C#N)c1. The van der Waals surface area contributed by atoms with E-state index in [-0.39, 0.29) is 0 Å². The molecule has 4 heteroatoms. The normalized spacial score (nSPS) is 22.2. The summed E-state index contributed by atoms with van der Waals surface area (Å²) in [7, 11) is 0. The van der Waals surface area contributed by atoms with Gasteiger partial charge in [0.2, 0.25) is 0 Å². The summed E-state index contributed by atoms with van der Waals surface area (Å²) >= 11 is 0. The Hall–Kier alpha value is -1.57. The molecule has 0 aromatic heterocycles. The second kappa shape index (κ2) is 7.28. The molecule has 2 rings (SSSR count). The van der Waals surface area contributed by atoms with Crippen LogP contribution in [0.1, 0.15) is 36.8 Å². The highest BCUT2D eigenvalue weighted by atomic mass is 16.5. The summed E-state index contributed by atoms with van der Waals surface area (Å²) in [6.45, 7) is 3.38.